The van der Waals surface area contributed by atoms with Crippen molar-refractivity contribution in [1.82, 2.24) is 0 Å². The Balaban J connectivity index is 1.42. The van der Waals surface area contributed by atoms with Crippen LogP contribution in [0.2, 0.25) is 0 Å². The summed E-state index contributed by atoms with van der Waals surface area (Å²) in [6, 6.07) is 43.6. The van der Waals surface area contributed by atoms with E-state index in [4.69, 9.17) is 0 Å². The molecule has 0 atom stereocenters. The average Bonchev–Trinajstić information content (AvgIpc) is 3.23. The number of rotatable bonds is 4. The van der Waals surface area contributed by atoms with Crippen molar-refractivity contribution in [1.29, 1.82) is 0 Å². The van der Waals surface area contributed by atoms with Crippen molar-refractivity contribution in [2.24, 2.45) is 0 Å². The fourth-order valence-electron chi connectivity index (χ4n) is 4.50. The lowest BCUT2D eigenvalue weighted by Crippen LogP contribution is -2.09. The summed E-state index contributed by atoms with van der Waals surface area (Å²) >= 11 is 1.86. The summed E-state index contributed by atoms with van der Waals surface area (Å²) < 4.78 is 2.68. The second kappa shape index (κ2) is 8.23. The highest BCUT2D eigenvalue weighted by Gasteiger charge is 2.13. The van der Waals surface area contributed by atoms with Gasteiger partial charge in [-0.3, -0.25) is 0 Å². The van der Waals surface area contributed by atoms with Crippen LogP contribution in [0.4, 0.5) is 17.1 Å². The zero-order valence-electron chi connectivity index (χ0n) is 18.4. The van der Waals surface area contributed by atoms with Crippen molar-refractivity contribution >= 4 is 48.6 Å². The summed E-state index contributed by atoms with van der Waals surface area (Å²) in [7, 11) is 0. The van der Waals surface area contributed by atoms with Crippen LogP contribution < -0.4 is 4.90 Å². The molecule has 0 fully saturated rings. The van der Waals surface area contributed by atoms with Crippen molar-refractivity contribution in [2.75, 3.05) is 4.90 Å². The van der Waals surface area contributed by atoms with Gasteiger partial charge in [0.2, 0.25) is 0 Å². The average molecular weight is 442 g/mol. The third kappa shape index (κ3) is 3.69. The molecule has 0 unspecified atom stereocenters. The molecule has 6 aromatic rings. The molecule has 5 aromatic carbocycles. The van der Waals surface area contributed by atoms with E-state index >= 15 is 0 Å². The summed E-state index contributed by atoms with van der Waals surface area (Å²) in [5.41, 5.74) is 7.20. The maximum Gasteiger partial charge on any atom is 0.0464 e. The van der Waals surface area contributed by atoms with Crippen molar-refractivity contribution in [2.45, 2.75) is 6.92 Å². The normalized spacial score (nSPS) is 11.2. The number of para-hydroxylation sites is 1. The lowest BCUT2D eigenvalue weighted by atomic mass is 10.0. The number of hydrogen-bond donors (Lipinski definition) is 0. The van der Waals surface area contributed by atoms with Gasteiger partial charge < -0.3 is 4.90 Å². The quantitative estimate of drug-likeness (QED) is 0.263. The van der Waals surface area contributed by atoms with Crippen molar-refractivity contribution in [3.05, 3.63) is 127 Å². The van der Waals surface area contributed by atoms with Gasteiger partial charge in [-0.05, 0) is 78.2 Å². The first-order valence-electron chi connectivity index (χ1n) is 11.2. The topological polar surface area (TPSA) is 3.24 Å². The van der Waals surface area contributed by atoms with Gasteiger partial charge in [0.05, 0.1) is 0 Å². The molecule has 0 aliphatic rings. The molecule has 1 nitrogen and oxygen atoms in total. The van der Waals surface area contributed by atoms with Crippen LogP contribution in [0.3, 0.4) is 0 Å². The number of nitrogens with zero attached hydrogens (tertiary/aromatic N) is 1. The van der Waals surface area contributed by atoms with Crippen LogP contribution in [0.15, 0.2) is 121 Å². The van der Waals surface area contributed by atoms with Gasteiger partial charge >= 0.3 is 0 Å². The second-order valence-electron chi connectivity index (χ2n) is 8.37. The van der Waals surface area contributed by atoms with E-state index in [2.05, 4.69) is 133 Å². The van der Waals surface area contributed by atoms with Crippen LogP contribution in [-0.2, 0) is 0 Å². The summed E-state index contributed by atoms with van der Waals surface area (Å²) in [6.07, 6.45) is 0. The molecule has 0 radical (unpaired) electrons. The van der Waals surface area contributed by atoms with E-state index in [9.17, 15) is 0 Å². The number of thiophene rings is 1. The Morgan fingerprint density at radius 2 is 1.15 bits per heavy atom. The highest BCUT2D eigenvalue weighted by Crippen LogP contribution is 2.38. The van der Waals surface area contributed by atoms with Gasteiger partial charge in [0, 0.05) is 37.2 Å². The minimum atomic E-state index is 1.15. The molecule has 0 aliphatic carbocycles. The molecule has 0 amide bonds. The molecule has 2 heteroatoms. The number of benzene rings is 5. The lowest BCUT2D eigenvalue weighted by molar-refractivity contribution is 1.27. The third-order valence-corrected chi connectivity index (χ3v) is 7.26. The summed E-state index contributed by atoms with van der Waals surface area (Å²) in [5, 5.41) is 2.67. The standard InChI is InChI=1S/C31H23NS/c1-22-8-7-11-27(20-22)32(25-9-3-2-4-10-25)26-17-14-23(15-18-26)24-16-19-31-29(21-24)28-12-5-6-13-30(28)33-31/h2-21H,1H3. The molecular formula is C31H23NS. The first-order valence-corrected chi connectivity index (χ1v) is 12.0. The largest absolute Gasteiger partial charge is 0.310 e. The number of anilines is 3. The molecule has 0 bridgehead atoms. The van der Waals surface area contributed by atoms with E-state index in [1.165, 1.54) is 42.6 Å². The van der Waals surface area contributed by atoms with Crippen molar-refractivity contribution < 1.29 is 0 Å². The van der Waals surface area contributed by atoms with Gasteiger partial charge in [-0.15, -0.1) is 11.3 Å². The van der Waals surface area contributed by atoms with E-state index in [1.807, 2.05) is 11.3 Å². The fraction of sp³-hybridized carbons (Fsp3) is 0.0323. The zero-order chi connectivity index (χ0) is 22.2. The predicted molar refractivity (Wildman–Crippen MR) is 144 cm³/mol. The molecule has 0 saturated carbocycles. The molecule has 1 heterocycles. The minimum Gasteiger partial charge on any atom is -0.310 e. The summed E-state index contributed by atoms with van der Waals surface area (Å²) in [4.78, 5) is 2.31. The van der Waals surface area contributed by atoms with E-state index in [-0.39, 0.29) is 0 Å². The maximum atomic E-state index is 2.33. The Morgan fingerprint density at radius 1 is 0.485 bits per heavy atom. The molecule has 0 saturated heterocycles. The molecule has 0 aliphatic heterocycles. The van der Waals surface area contributed by atoms with E-state index in [1.54, 1.807) is 0 Å². The first-order chi connectivity index (χ1) is 16.3. The maximum absolute atomic E-state index is 2.33. The second-order valence-corrected chi connectivity index (χ2v) is 9.45. The monoisotopic (exact) mass is 441 g/mol. The Kier molecular flexibility index (Phi) is 4.93. The van der Waals surface area contributed by atoms with Gasteiger partial charge in [-0.2, -0.15) is 0 Å². The SMILES string of the molecule is Cc1cccc(N(c2ccccc2)c2ccc(-c3ccc4sc5ccccc5c4c3)cc2)c1. The zero-order valence-corrected chi connectivity index (χ0v) is 19.2. The molecule has 0 spiro atoms. The molecular weight excluding hydrogens is 418 g/mol. The van der Waals surface area contributed by atoms with Crippen LogP contribution in [-0.4, -0.2) is 0 Å². The summed E-state index contributed by atoms with van der Waals surface area (Å²) in [6.45, 7) is 2.14. The Labute approximate surface area is 198 Å². The molecule has 6 rings (SSSR count). The van der Waals surface area contributed by atoms with E-state index in [0.717, 1.165) is 11.4 Å². The number of aryl methyl sites for hydroxylation is 1. The van der Waals surface area contributed by atoms with Gasteiger partial charge in [0.15, 0.2) is 0 Å². The van der Waals surface area contributed by atoms with E-state index in [0.29, 0.717) is 0 Å². The smallest absolute Gasteiger partial charge is 0.0464 e. The van der Waals surface area contributed by atoms with Gasteiger partial charge in [0.25, 0.3) is 0 Å². The predicted octanol–water partition coefficient (Wildman–Crippen LogP) is 9.50. The van der Waals surface area contributed by atoms with Gasteiger partial charge in [0.1, 0.15) is 0 Å². The van der Waals surface area contributed by atoms with Gasteiger partial charge in [-0.1, -0.05) is 66.7 Å². The highest BCUT2D eigenvalue weighted by atomic mass is 32.1. The fourth-order valence-corrected chi connectivity index (χ4v) is 5.59. The van der Waals surface area contributed by atoms with Crippen molar-refractivity contribution in [3.8, 4) is 11.1 Å². The molecule has 1 aromatic heterocycles. The third-order valence-electron chi connectivity index (χ3n) is 6.11. The highest BCUT2D eigenvalue weighted by molar-refractivity contribution is 7.25. The minimum absolute atomic E-state index is 1.15. The lowest BCUT2D eigenvalue weighted by Gasteiger charge is -2.26. The number of hydrogen-bond acceptors (Lipinski definition) is 2. The van der Waals surface area contributed by atoms with Crippen LogP contribution in [0.5, 0.6) is 0 Å². The Morgan fingerprint density at radius 3 is 1.97 bits per heavy atom. The van der Waals surface area contributed by atoms with Crippen molar-refractivity contribution in [3.63, 3.8) is 0 Å². The van der Waals surface area contributed by atoms with E-state index < -0.39 is 0 Å². The molecule has 33 heavy (non-hydrogen) atoms. The Bertz CT molecular complexity index is 1560. The summed E-state index contributed by atoms with van der Waals surface area (Å²) in [5.74, 6) is 0. The van der Waals surface area contributed by atoms with Crippen LogP contribution in [0, 0.1) is 6.92 Å². The van der Waals surface area contributed by atoms with Gasteiger partial charge in [-0.25, -0.2) is 0 Å². The first kappa shape index (κ1) is 19.8. The Hall–Kier alpha value is -3.88. The van der Waals surface area contributed by atoms with Crippen LogP contribution >= 0.6 is 11.3 Å². The molecule has 0 N–H and O–H groups in total. The van der Waals surface area contributed by atoms with Crippen LogP contribution in [0.25, 0.3) is 31.3 Å². The molecule has 158 valence electrons. The number of fused-ring (bicyclic) bond motifs is 3. The van der Waals surface area contributed by atoms with Crippen LogP contribution in [0.1, 0.15) is 5.56 Å².